The molecule has 0 amide bonds. The van der Waals surface area contributed by atoms with E-state index in [9.17, 15) is 0 Å². The molecule has 1 heteroatoms. The highest BCUT2D eigenvalue weighted by atomic mass is 14.9. The van der Waals surface area contributed by atoms with Crippen molar-refractivity contribution in [3.63, 3.8) is 0 Å². The molecular weight excluding hydrogens is 374 g/mol. The van der Waals surface area contributed by atoms with Gasteiger partial charge in [0.05, 0.1) is 0 Å². The summed E-state index contributed by atoms with van der Waals surface area (Å²) in [5.74, 6) is 0.254. The first-order valence-corrected chi connectivity index (χ1v) is 10.9. The minimum Gasteiger partial charge on any atom is -0.381 e. The summed E-state index contributed by atoms with van der Waals surface area (Å²) in [4.78, 5) is 0. The molecule has 1 N–H and O–H groups in total. The van der Waals surface area contributed by atoms with Crippen LogP contribution in [0.15, 0.2) is 115 Å². The van der Waals surface area contributed by atoms with Gasteiger partial charge in [-0.05, 0) is 56.3 Å². The van der Waals surface area contributed by atoms with Crippen molar-refractivity contribution >= 4 is 16.5 Å². The summed E-state index contributed by atoms with van der Waals surface area (Å²) in [6, 6.07) is 41.6. The number of hydrogen-bond acceptors (Lipinski definition) is 1. The van der Waals surface area contributed by atoms with Gasteiger partial charge in [0.15, 0.2) is 0 Å². The lowest BCUT2D eigenvalue weighted by Crippen LogP contribution is -2.08. The zero-order valence-corrected chi connectivity index (χ0v) is 17.3. The maximum absolute atomic E-state index is 3.66. The third kappa shape index (κ3) is 3.02. The Kier molecular flexibility index (Phi) is 4.32. The number of anilines is 1. The Labute approximate surface area is 183 Å². The van der Waals surface area contributed by atoms with Crippen LogP contribution in [0.2, 0.25) is 0 Å². The van der Waals surface area contributed by atoms with E-state index in [4.69, 9.17) is 0 Å². The van der Waals surface area contributed by atoms with E-state index in [1.54, 1.807) is 0 Å². The van der Waals surface area contributed by atoms with Crippen molar-refractivity contribution in [2.24, 2.45) is 0 Å². The molecule has 1 aliphatic carbocycles. The van der Waals surface area contributed by atoms with E-state index < -0.39 is 0 Å². The van der Waals surface area contributed by atoms with Crippen molar-refractivity contribution in [2.45, 2.75) is 12.5 Å². The van der Waals surface area contributed by atoms with Crippen LogP contribution >= 0.6 is 0 Å². The molecule has 1 nitrogen and oxygen atoms in total. The van der Waals surface area contributed by atoms with Crippen molar-refractivity contribution in [1.29, 1.82) is 0 Å². The number of para-hydroxylation sites is 1. The van der Waals surface area contributed by atoms with E-state index in [1.165, 1.54) is 44.2 Å². The molecule has 0 saturated carbocycles. The largest absolute Gasteiger partial charge is 0.381 e. The molecule has 0 radical (unpaired) electrons. The molecule has 31 heavy (non-hydrogen) atoms. The van der Waals surface area contributed by atoms with Gasteiger partial charge in [-0.15, -0.1) is 0 Å². The van der Waals surface area contributed by atoms with Gasteiger partial charge in [0, 0.05) is 18.2 Å². The molecule has 0 spiro atoms. The van der Waals surface area contributed by atoms with Crippen molar-refractivity contribution in [3.8, 4) is 11.1 Å². The fourth-order valence-corrected chi connectivity index (χ4v) is 5.06. The minimum atomic E-state index is 0.254. The van der Waals surface area contributed by atoms with E-state index >= 15 is 0 Å². The van der Waals surface area contributed by atoms with Gasteiger partial charge in [0.1, 0.15) is 0 Å². The van der Waals surface area contributed by atoms with E-state index in [0.717, 1.165) is 12.2 Å². The summed E-state index contributed by atoms with van der Waals surface area (Å²) in [5, 5.41) is 6.28. The van der Waals surface area contributed by atoms with E-state index in [-0.39, 0.29) is 5.92 Å². The number of nitrogens with one attached hydrogen (secondary N) is 1. The first-order valence-electron chi connectivity index (χ1n) is 10.9. The molecule has 0 fully saturated rings. The zero-order chi connectivity index (χ0) is 20.6. The van der Waals surface area contributed by atoms with Gasteiger partial charge in [-0.2, -0.15) is 0 Å². The lowest BCUT2D eigenvalue weighted by molar-refractivity contribution is 0.977. The molecule has 1 aliphatic rings. The highest BCUT2D eigenvalue weighted by Gasteiger charge is 2.31. The molecule has 5 aromatic rings. The molecular formula is C30H23N. The average molecular weight is 398 g/mol. The summed E-state index contributed by atoms with van der Waals surface area (Å²) in [5.41, 5.74) is 9.43. The molecule has 148 valence electrons. The SMILES string of the molecule is c1ccc(NCc2c(C3c4ccccc4-c4ccccc43)ccc3ccccc23)cc1. The molecule has 5 aromatic carbocycles. The Bertz CT molecular complexity index is 1340. The first kappa shape index (κ1) is 18.0. The molecule has 0 heterocycles. The van der Waals surface area contributed by atoms with Gasteiger partial charge in [0.25, 0.3) is 0 Å². The van der Waals surface area contributed by atoms with Gasteiger partial charge < -0.3 is 5.32 Å². The molecule has 0 aliphatic heterocycles. The molecule has 0 bridgehead atoms. The third-order valence-corrected chi connectivity index (χ3v) is 6.46. The monoisotopic (exact) mass is 397 g/mol. The van der Waals surface area contributed by atoms with Crippen LogP contribution in [0.5, 0.6) is 0 Å². The quantitative estimate of drug-likeness (QED) is 0.323. The second-order valence-corrected chi connectivity index (χ2v) is 8.18. The second-order valence-electron chi connectivity index (χ2n) is 8.18. The first-order chi connectivity index (χ1) is 15.4. The predicted octanol–water partition coefficient (Wildman–Crippen LogP) is 7.61. The van der Waals surface area contributed by atoms with Crippen LogP contribution in [-0.4, -0.2) is 0 Å². The van der Waals surface area contributed by atoms with Crippen LogP contribution in [0.4, 0.5) is 5.69 Å². The van der Waals surface area contributed by atoms with Gasteiger partial charge >= 0.3 is 0 Å². The van der Waals surface area contributed by atoms with E-state index in [1.807, 2.05) is 0 Å². The summed E-state index contributed by atoms with van der Waals surface area (Å²) in [6.07, 6.45) is 0. The average Bonchev–Trinajstić information content (AvgIpc) is 3.17. The van der Waals surface area contributed by atoms with Crippen molar-refractivity contribution in [2.75, 3.05) is 5.32 Å². The number of fused-ring (bicyclic) bond motifs is 4. The maximum Gasteiger partial charge on any atom is 0.0410 e. The van der Waals surface area contributed by atoms with Crippen molar-refractivity contribution in [3.05, 3.63) is 138 Å². The Morgan fingerprint density at radius 3 is 1.87 bits per heavy atom. The molecule has 6 rings (SSSR count). The lowest BCUT2D eigenvalue weighted by atomic mass is 9.84. The third-order valence-electron chi connectivity index (χ3n) is 6.46. The highest BCUT2D eigenvalue weighted by Crippen LogP contribution is 2.49. The Morgan fingerprint density at radius 2 is 1.13 bits per heavy atom. The van der Waals surface area contributed by atoms with Crippen molar-refractivity contribution < 1.29 is 0 Å². The van der Waals surface area contributed by atoms with Gasteiger partial charge in [-0.3, -0.25) is 0 Å². The Balaban J connectivity index is 1.55. The summed E-state index contributed by atoms with van der Waals surface area (Å²) >= 11 is 0. The number of hydrogen-bond donors (Lipinski definition) is 1. The second kappa shape index (κ2) is 7.45. The lowest BCUT2D eigenvalue weighted by Gasteiger charge is -2.21. The van der Waals surface area contributed by atoms with Crippen LogP contribution in [0.3, 0.4) is 0 Å². The highest BCUT2D eigenvalue weighted by molar-refractivity contribution is 5.89. The van der Waals surface area contributed by atoms with Crippen LogP contribution < -0.4 is 5.32 Å². The van der Waals surface area contributed by atoms with Crippen LogP contribution in [0.25, 0.3) is 21.9 Å². The van der Waals surface area contributed by atoms with Gasteiger partial charge in [-0.25, -0.2) is 0 Å². The molecule has 0 atom stereocenters. The Morgan fingerprint density at radius 1 is 0.516 bits per heavy atom. The number of rotatable bonds is 4. The zero-order valence-electron chi connectivity index (χ0n) is 17.3. The topological polar surface area (TPSA) is 12.0 Å². The van der Waals surface area contributed by atoms with Gasteiger partial charge in [0.2, 0.25) is 0 Å². The number of benzene rings is 5. The minimum absolute atomic E-state index is 0.254. The molecule has 0 saturated heterocycles. The molecule has 0 aromatic heterocycles. The van der Waals surface area contributed by atoms with Gasteiger partial charge in [-0.1, -0.05) is 103 Å². The summed E-state index contributed by atoms with van der Waals surface area (Å²) < 4.78 is 0. The normalized spacial score (nSPS) is 12.5. The fourth-order valence-electron chi connectivity index (χ4n) is 5.06. The fraction of sp³-hybridized carbons (Fsp3) is 0.0667. The van der Waals surface area contributed by atoms with E-state index in [0.29, 0.717) is 0 Å². The summed E-state index contributed by atoms with van der Waals surface area (Å²) in [7, 11) is 0. The Hall–Kier alpha value is -3.84. The standard InChI is InChI=1S/C30H23N/c1-2-11-22(12-3-1)31-20-29-23-13-5-4-10-21(23)18-19-28(29)30-26-16-8-6-14-24(26)25-15-7-9-17-27(25)30/h1-19,30-31H,20H2. The molecule has 0 unspecified atom stereocenters. The van der Waals surface area contributed by atoms with E-state index in [2.05, 4.69) is 121 Å². The van der Waals surface area contributed by atoms with Crippen LogP contribution in [0, 0.1) is 0 Å². The van der Waals surface area contributed by atoms with Crippen molar-refractivity contribution in [1.82, 2.24) is 0 Å². The predicted molar refractivity (Wildman–Crippen MR) is 131 cm³/mol. The maximum atomic E-state index is 3.66. The van der Waals surface area contributed by atoms with Crippen LogP contribution in [-0.2, 0) is 6.54 Å². The van der Waals surface area contributed by atoms with Crippen LogP contribution in [0.1, 0.15) is 28.2 Å². The summed E-state index contributed by atoms with van der Waals surface area (Å²) in [6.45, 7) is 0.793. The smallest absolute Gasteiger partial charge is 0.0410 e.